The number of nitrogens with one attached hydrogen (secondary N) is 1. The van der Waals surface area contributed by atoms with Gasteiger partial charge in [-0.05, 0) is 46.4 Å². The van der Waals surface area contributed by atoms with E-state index < -0.39 is 0 Å². The molecule has 1 N–H and O–H groups in total. The number of H-pyrrole nitrogens is 1. The van der Waals surface area contributed by atoms with Crippen LogP contribution in [0.25, 0.3) is 21.9 Å². The third-order valence-corrected chi connectivity index (χ3v) is 4.25. The zero-order chi connectivity index (χ0) is 15.8. The third kappa shape index (κ3) is 2.55. The molecule has 0 saturated carbocycles. The van der Waals surface area contributed by atoms with Gasteiger partial charge in [-0.3, -0.25) is 4.79 Å². The maximum Gasteiger partial charge on any atom is 0.298 e. The summed E-state index contributed by atoms with van der Waals surface area (Å²) in [5.74, 6) is 0. The lowest BCUT2D eigenvalue weighted by molar-refractivity contribution is 0.815. The SMILES string of the molecule is O=c1c2[nH]c3ccccc3c2ncn1N=Cc1cccc(I)c1. The van der Waals surface area contributed by atoms with Crippen molar-refractivity contribution in [2.75, 3.05) is 0 Å². The molecule has 2 heterocycles. The monoisotopic (exact) mass is 414 g/mol. The summed E-state index contributed by atoms with van der Waals surface area (Å²) >= 11 is 2.24. The van der Waals surface area contributed by atoms with Gasteiger partial charge in [0.15, 0.2) is 0 Å². The molecule has 6 heteroatoms. The molecule has 2 aromatic carbocycles. The lowest BCUT2D eigenvalue weighted by Gasteiger charge is -1.98. The molecule has 0 fully saturated rings. The van der Waals surface area contributed by atoms with E-state index in [0.29, 0.717) is 11.0 Å². The molecule has 2 aromatic heterocycles. The summed E-state index contributed by atoms with van der Waals surface area (Å²) in [7, 11) is 0. The summed E-state index contributed by atoms with van der Waals surface area (Å²) < 4.78 is 2.36. The van der Waals surface area contributed by atoms with E-state index in [1.807, 2.05) is 48.5 Å². The van der Waals surface area contributed by atoms with Crippen LogP contribution < -0.4 is 5.56 Å². The lowest BCUT2D eigenvalue weighted by atomic mass is 10.2. The van der Waals surface area contributed by atoms with Crippen molar-refractivity contribution in [1.82, 2.24) is 14.6 Å². The Kier molecular flexibility index (Phi) is 3.45. The third-order valence-electron chi connectivity index (χ3n) is 3.58. The molecule has 5 nitrogen and oxygen atoms in total. The van der Waals surface area contributed by atoms with Crippen molar-refractivity contribution in [3.05, 3.63) is 74.3 Å². The maximum absolute atomic E-state index is 12.6. The molecule has 4 rings (SSSR count). The predicted octanol–water partition coefficient (Wildman–Crippen LogP) is 3.36. The molecule has 0 spiro atoms. The molecule has 0 aliphatic heterocycles. The lowest BCUT2D eigenvalue weighted by Crippen LogP contribution is -2.17. The maximum atomic E-state index is 12.6. The van der Waals surface area contributed by atoms with Crippen molar-refractivity contribution in [3.63, 3.8) is 0 Å². The van der Waals surface area contributed by atoms with E-state index in [2.05, 4.69) is 37.7 Å². The average Bonchev–Trinajstić information content (AvgIpc) is 2.94. The fourth-order valence-corrected chi connectivity index (χ4v) is 3.06. The van der Waals surface area contributed by atoms with E-state index in [4.69, 9.17) is 0 Å². The van der Waals surface area contributed by atoms with E-state index in [9.17, 15) is 4.79 Å². The Morgan fingerprint density at radius 3 is 2.91 bits per heavy atom. The average molecular weight is 414 g/mol. The fraction of sp³-hybridized carbons (Fsp3) is 0. The van der Waals surface area contributed by atoms with Gasteiger partial charge in [0.05, 0.1) is 6.21 Å². The van der Waals surface area contributed by atoms with Crippen LogP contribution in [0.1, 0.15) is 5.56 Å². The number of aromatic amines is 1. The van der Waals surface area contributed by atoms with Crippen LogP contribution in [0, 0.1) is 3.57 Å². The van der Waals surface area contributed by atoms with Gasteiger partial charge >= 0.3 is 0 Å². The van der Waals surface area contributed by atoms with Crippen molar-refractivity contribution in [3.8, 4) is 0 Å². The van der Waals surface area contributed by atoms with Gasteiger partial charge in [0.25, 0.3) is 5.56 Å². The molecule has 0 aliphatic carbocycles. The Balaban J connectivity index is 1.83. The Labute approximate surface area is 144 Å². The number of fused-ring (bicyclic) bond motifs is 3. The van der Waals surface area contributed by atoms with Gasteiger partial charge in [0.2, 0.25) is 0 Å². The normalized spacial score (nSPS) is 11.7. The van der Waals surface area contributed by atoms with Crippen molar-refractivity contribution >= 4 is 50.7 Å². The topological polar surface area (TPSA) is 63.0 Å². The highest BCUT2D eigenvalue weighted by Gasteiger charge is 2.09. The van der Waals surface area contributed by atoms with Crippen LogP contribution in [0.4, 0.5) is 0 Å². The number of halogens is 1. The number of hydrogen-bond acceptors (Lipinski definition) is 3. The highest BCUT2D eigenvalue weighted by atomic mass is 127. The van der Waals surface area contributed by atoms with Crippen LogP contribution in [0.2, 0.25) is 0 Å². The summed E-state index contributed by atoms with van der Waals surface area (Å²) in [6.07, 6.45) is 3.11. The first-order chi connectivity index (χ1) is 11.2. The first-order valence-electron chi connectivity index (χ1n) is 7.00. The van der Waals surface area contributed by atoms with Crippen LogP contribution in [0.15, 0.2) is 64.8 Å². The molecule has 0 aliphatic rings. The van der Waals surface area contributed by atoms with Gasteiger partial charge in [-0.2, -0.15) is 9.78 Å². The Morgan fingerprint density at radius 1 is 1.17 bits per heavy atom. The van der Waals surface area contributed by atoms with Crippen LogP contribution >= 0.6 is 22.6 Å². The van der Waals surface area contributed by atoms with Crippen molar-refractivity contribution in [2.24, 2.45) is 5.10 Å². The second kappa shape index (κ2) is 5.62. The number of para-hydroxylation sites is 1. The summed E-state index contributed by atoms with van der Waals surface area (Å²) in [6, 6.07) is 15.6. The largest absolute Gasteiger partial charge is 0.349 e. The molecule has 0 radical (unpaired) electrons. The number of rotatable bonds is 2. The van der Waals surface area contributed by atoms with Crippen LogP contribution in [0.5, 0.6) is 0 Å². The van der Waals surface area contributed by atoms with Gasteiger partial charge in [-0.25, -0.2) is 4.98 Å². The Hall–Kier alpha value is -2.48. The van der Waals surface area contributed by atoms with Gasteiger partial charge < -0.3 is 4.98 Å². The molecule has 0 unspecified atom stereocenters. The van der Waals surface area contributed by atoms with E-state index >= 15 is 0 Å². The second-order valence-corrected chi connectivity index (χ2v) is 6.33. The number of nitrogens with zero attached hydrogens (tertiary/aromatic N) is 3. The highest BCUT2D eigenvalue weighted by molar-refractivity contribution is 14.1. The first-order valence-corrected chi connectivity index (χ1v) is 8.08. The number of benzene rings is 2. The zero-order valence-corrected chi connectivity index (χ0v) is 14.1. The van der Waals surface area contributed by atoms with Crippen molar-refractivity contribution < 1.29 is 0 Å². The molecule has 0 atom stereocenters. The quantitative estimate of drug-likeness (QED) is 0.404. The molecular weight excluding hydrogens is 403 g/mol. The van der Waals surface area contributed by atoms with Crippen molar-refractivity contribution in [1.29, 1.82) is 0 Å². The smallest absolute Gasteiger partial charge is 0.298 e. The van der Waals surface area contributed by atoms with E-state index in [1.165, 1.54) is 11.0 Å². The Morgan fingerprint density at radius 2 is 2.04 bits per heavy atom. The van der Waals surface area contributed by atoms with E-state index in [-0.39, 0.29) is 5.56 Å². The number of aromatic nitrogens is 3. The second-order valence-electron chi connectivity index (χ2n) is 5.09. The minimum Gasteiger partial charge on any atom is -0.349 e. The highest BCUT2D eigenvalue weighted by Crippen LogP contribution is 2.20. The van der Waals surface area contributed by atoms with E-state index in [0.717, 1.165) is 20.0 Å². The molecule has 0 bridgehead atoms. The minimum atomic E-state index is -0.215. The standard InChI is InChI=1S/C17H11IN4O/c18-12-5-3-4-11(8-12)9-20-22-10-19-15-13-6-1-2-7-14(13)21-16(15)17(22)23/h1-10,21H. The van der Waals surface area contributed by atoms with Crippen molar-refractivity contribution in [2.45, 2.75) is 0 Å². The van der Waals surface area contributed by atoms with Gasteiger partial charge in [0, 0.05) is 14.5 Å². The molecule has 112 valence electrons. The summed E-state index contributed by atoms with van der Waals surface area (Å²) in [5, 5.41) is 5.17. The van der Waals surface area contributed by atoms with Crippen LogP contribution in [-0.4, -0.2) is 20.9 Å². The van der Waals surface area contributed by atoms with Gasteiger partial charge in [-0.15, -0.1) is 0 Å². The summed E-state index contributed by atoms with van der Waals surface area (Å²) in [4.78, 5) is 20.1. The van der Waals surface area contributed by atoms with E-state index in [1.54, 1.807) is 6.21 Å². The Bertz CT molecular complexity index is 1110. The molecule has 23 heavy (non-hydrogen) atoms. The zero-order valence-electron chi connectivity index (χ0n) is 11.9. The molecule has 0 saturated heterocycles. The van der Waals surface area contributed by atoms with Gasteiger partial charge in [0.1, 0.15) is 17.4 Å². The van der Waals surface area contributed by atoms with Crippen LogP contribution in [-0.2, 0) is 0 Å². The fourth-order valence-electron chi connectivity index (χ4n) is 2.49. The molecule has 0 amide bonds. The minimum absolute atomic E-state index is 0.215. The molecule has 4 aromatic rings. The summed E-state index contributed by atoms with van der Waals surface area (Å²) in [6.45, 7) is 0. The van der Waals surface area contributed by atoms with Gasteiger partial charge in [-0.1, -0.05) is 30.3 Å². The molecular formula is C17H11IN4O. The van der Waals surface area contributed by atoms with Crippen LogP contribution in [0.3, 0.4) is 0 Å². The number of hydrogen-bond donors (Lipinski definition) is 1. The summed E-state index contributed by atoms with van der Waals surface area (Å²) in [5.41, 5.74) is 2.75. The first kappa shape index (κ1) is 14.1. The predicted molar refractivity (Wildman–Crippen MR) is 100 cm³/mol.